The molecule has 31 heteroatoms. The average molecular weight is 1980 g/mol. The number of Topliss-reactive ketones (excluding diaryl/α,β-unsaturated/α-hetero) is 4. The summed E-state index contributed by atoms with van der Waals surface area (Å²) >= 11 is 6.03. The van der Waals surface area contributed by atoms with Gasteiger partial charge in [0.1, 0.15) is 70.8 Å². The lowest BCUT2D eigenvalue weighted by molar-refractivity contribution is -0.122. The van der Waals surface area contributed by atoms with Gasteiger partial charge in [0, 0.05) is 107 Å². The number of aliphatic hydroxyl groups is 4. The Hall–Kier alpha value is -10.9. The fourth-order valence-electron chi connectivity index (χ4n) is 25.8. The van der Waals surface area contributed by atoms with Gasteiger partial charge in [0.05, 0.1) is 113 Å². The van der Waals surface area contributed by atoms with Crippen LogP contribution in [0, 0.1) is 35.5 Å². The number of fused-ring (bicyclic) bond motifs is 12. The van der Waals surface area contributed by atoms with E-state index in [0.717, 1.165) is 293 Å². The molecule has 10 aromatic rings. The predicted octanol–water partition coefficient (Wildman–Crippen LogP) is 22.5. The highest BCUT2D eigenvalue weighted by Gasteiger charge is 2.44. The van der Waals surface area contributed by atoms with E-state index in [4.69, 9.17) is 50.5 Å². The van der Waals surface area contributed by atoms with Crippen molar-refractivity contribution in [3.8, 4) is 0 Å². The van der Waals surface area contributed by atoms with Crippen LogP contribution >= 0.6 is 11.6 Å². The summed E-state index contributed by atoms with van der Waals surface area (Å²) < 4.78 is 30.8. The molecule has 4 amide bonds. The minimum atomic E-state index is -0.930. The number of carbonyl (C=O) groups is 8. The van der Waals surface area contributed by atoms with Crippen molar-refractivity contribution in [2.45, 2.75) is 366 Å². The summed E-state index contributed by atoms with van der Waals surface area (Å²) in [6, 6.07) is 26.6. The van der Waals surface area contributed by atoms with E-state index in [9.17, 15) is 58.8 Å². The Morgan fingerprint density at radius 3 is 1.01 bits per heavy atom. The molecule has 4 aliphatic heterocycles. The number of aryl methyl sites for hydroxylation is 4. The van der Waals surface area contributed by atoms with Crippen LogP contribution in [0.15, 0.2) is 91.3 Å². The first-order chi connectivity index (χ1) is 68.9. The third-order valence-electron chi connectivity index (χ3n) is 33.5. The van der Waals surface area contributed by atoms with Crippen LogP contribution in [0.1, 0.15) is 354 Å². The van der Waals surface area contributed by atoms with Gasteiger partial charge >= 0.3 is 24.4 Å². The second kappa shape index (κ2) is 45.4. The summed E-state index contributed by atoms with van der Waals surface area (Å²) in [6.07, 6.45) is 32.7. The first kappa shape index (κ1) is 103. The zero-order chi connectivity index (χ0) is 101. The lowest BCUT2D eigenvalue weighted by Gasteiger charge is -2.34. The molecule has 0 spiro atoms. The molecule has 0 bridgehead atoms. The number of ether oxygens (including phenoxy) is 4. The second-order valence-electron chi connectivity index (χ2n) is 42.7. The Bertz CT molecular complexity index is 6280. The summed E-state index contributed by atoms with van der Waals surface area (Å²) in [5, 5.41) is 50.7. The van der Waals surface area contributed by atoms with Gasteiger partial charge in [0.2, 0.25) is 0 Å². The molecule has 5 aromatic heterocycles. The second-order valence-corrected chi connectivity index (χ2v) is 43.1. The molecular formula is C112H147ClN14O16. The van der Waals surface area contributed by atoms with Crippen LogP contribution in [0.2, 0.25) is 5.02 Å². The molecule has 6 aliphatic carbocycles. The van der Waals surface area contributed by atoms with Gasteiger partial charge in [0.25, 0.3) is 0 Å². The number of methoxy groups -OCH3 is 4. The molecule has 143 heavy (non-hydrogen) atoms. The van der Waals surface area contributed by atoms with Gasteiger partial charge in [-0.1, -0.05) is 119 Å². The number of nitrogens with zero attached hydrogens (tertiary/aromatic N) is 14. The van der Waals surface area contributed by atoms with Crippen LogP contribution in [0.4, 0.5) is 41.9 Å². The van der Waals surface area contributed by atoms with Crippen LogP contribution in [0.5, 0.6) is 0 Å². The molecule has 0 radical (unpaired) electrons. The van der Waals surface area contributed by atoms with Gasteiger partial charge in [-0.3, -0.25) is 43.5 Å². The number of benzene rings is 5. The Balaban J connectivity index is 0.000000131. The standard InChI is InChI=1S/C29H35N3O4.C29H41N3O4.C28H39N3O4.C26H32ClN5O4/c1-18-12-13-23-24(31(18)29(35)36-3)14-15-25-27(23)30-28(26(34)16-20-8-5-4-6-9-20)32(25)22-11-7-10-21(17-22)19(2)33;1-18-13-14-23-24(31(18)29(35)36-3)15-16-25-26(23)30-28(27(34)20-9-6-4-5-7-10-20)32(25)22-12-8-11-21(17-22)19(2)33;1-17-11-12-22-23(30(17)28(34)35-3)13-14-24-26(22)29-27(25(33)15-19-7-4-5-8-19)31(24)21-10-6-9-20(16-21)18(2)32;1-15-7-8-20-21(31(15)26(35)36-3)9-10-22-24(20)29-25(23(34)14-30-13-18(27)12-28-30)32(22)19-6-4-5-17(11-19)16(2)33/h4-6,8-9,14-15,18,21-22,26,34H,7,10-13,16-17H2,1-3H3;15-16,18,20-22,27,34H,4-14,17H2,1-3H3;13-14,17,19-21,25,33H,4-12,15-16H2,1-3H3;9-10,12-13,15,17,19,23,34H,4-8,11,14H2,1-3H3/t18-,21+,22+,26-;18-,21+,22+,27+;17-,20+,21+,25+;15-,17+,19+,23+/m0000/s1. The summed E-state index contributed by atoms with van der Waals surface area (Å²) in [5.74, 6) is 4.55. The number of halogens is 1. The van der Waals surface area contributed by atoms with E-state index >= 15 is 0 Å². The number of rotatable bonds is 19. The number of aromatic nitrogens is 10. The fourth-order valence-corrected chi connectivity index (χ4v) is 26.0. The minimum Gasteiger partial charge on any atom is -0.452 e. The summed E-state index contributed by atoms with van der Waals surface area (Å²) in [6.45, 7) is 15.1. The first-order valence-electron chi connectivity index (χ1n) is 53.1. The molecule has 6 saturated carbocycles. The highest BCUT2D eigenvalue weighted by atomic mass is 35.5. The van der Waals surface area contributed by atoms with Crippen molar-refractivity contribution in [3.63, 3.8) is 0 Å². The van der Waals surface area contributed by atoms with Crippen molar-refractivity contribution >= 4 is 126 Å². The lowest BCUT2D eigenvalue weighted by atomic mass is 9.83. The van der Waals surface area contributed by atoms with Crippen LogP contribution < -0.4 is 19.6 Å². The summed E-state index contributed by atoms with van der Waals surface area (Å²) in [7, 11) is 5.64. The molecule has 6 fully saturated rings. The van der Waals surface area contributed by atoms with Crippen LogP contribution in [-0.2, 0) is 76.8 Å². The molecule has 20 rings (SSSR count). The van der Waals surface area contributed by atoms with E-state index in [1.165, 1.54) is 73.2 Å². The summed E-state index contributed by atoms with van der Waals surface area (Å²) in [5.41, 5.74) is 15.8. The highest BCUT2D eigenvalue weighted by Crippen LogP contribution is 2.51. The number of ketones is 4. The van der Waals surface area contributed by atoms with Crippen molar-refractivity contribution in [1.29, 1.82) is 0 Å². The maximum atomic E-state index is 12.6. The molecule has 9 heterocycles. The van der Waals surface area contributed by atoms with Gasteiger partial charge in [-0.05, 0) is 269 Å². The molecular weight excluding hydrogens is 1830 g/mol. The third-order valence-corrected chi connectivity index (χ3v) is 33.7. The smallest absolute Gasteiger partial charge is 0.414 e. The number of anilines is 4. The monoisotopic (exact) mass is 1980 g/mol. The minimum absolute atomic E-state index is 0.00408. The van der Waals surface area contributed by atoms with Gasteiger partial charge in [-0.15, -0.1) is 0 Å². The molecule has 30 nitrogen and oxygen atoms in total. The Morgan fingerprint density at radius 1 is 0.371 bits per heavy atom. The topological polar surface area (TPSA) is 356 Å². The maximum absolute atomic E-state index is 12.6. The molecule has 0 saturated heterocycles. The van der Waals surface area contributed by atoms with E-state index in [0.29, 0.717) is 29.0 Å². The van der Waals surface area contributed by atoms with E-state index in [1.807, 2.05) is 94.4 Å². The van der Waals surface area contributed by atoms with Crippen molar-refractivity contribution in [2.75, 3.05) is 48.0 Å². The van der Waals surface area contributed by atoms with Gasteiger partial charge in [0.15, 0.2) is 0 Å². The number of aliphatic hydroxyl groups excluding tert-OH is 4. The van der Waals surface area contributed by atoms with Crippen LogP contribution in [0.25, 0.3) is 44.1 Å². The summed E-state index contributed by atoms with van der Waals surface area (Å²) in [4.78, 5) is 127. The van der Waals surface area contributed by atoms with Gasteiger partial charge in [-0.2, -0.15) is 5.10 Å². The number of hydrogen-bond acceptors (Lipinski definition) is 21. The average Bonchev–Trinajstić information content (AvgIpc) is 1.61. The largest absolute Gasteiger partial charge is 0.452 e. The van der Waals surface area contributed by atoms with Gasteiger partial charge in [-0.25, -0.2) is 39.1 Å². The van der Waals surface area contributed by atoms with E-state index in [-0.39, 0.29) is 126 Å². The van der Waals surface area contributed by atoms with E-state index in [1.54, 1.807) is 58.2 Å². The molecule has 0 unspecified atom stereocenters. The molecule has 5 aromatic carbocycles. The number of imidazole rings is 4. The quantitative estimate of drug-likeness (QED) is 0.0431. The molecule has 10 aliphatic rings. The fraction of sp³-hybridized carbons (Fsp3) is 0.598. The Morgan fingerprint density at radius 2 is 0.685 bits per heavy atom. The Labute approximate surface area is 843 Å². The zero-order valence-electron chi connectivity index (χ0n) is 85.5. The number of carbonyl (C=O) groups excluding carboxylic acids is 8. The van der Waals surface area contributed by atoms with Crippen LogP contribution in [0.3, 0.4) is 0 Å². The van der Waals surface area contributed by atoms with Crippen molar-refractivity contribution in [2.24, 2.45) is 35.5 Å². The molecule has 768 valence electrons. The predicted molar refractivity (Wildman–Crippen MR) is 551 cm³/mol. The Kier molecular flexibility index (Phi) is 32.8. The number of amides is 4. The van der Waals surface area contributed by atoms with E-state index in [2.05, 4.69) is 35.5 Å². The van der Waals surface area contributed by atoms with E-state index < -0.39 is 30.5 Å². The van der Waals surface area contributed by atoms with Crippen molar-refractivity contribution < 1.29 is 77.7 Å². The normalized spacial score (nSPS) is 24.5. The SMILES string of the molecule is COC(=O)N1c2ccc3c(nc([C@@H](O)Cc4ccccc4)n3[C@@H]3CCC[C@@H](C(C)=O)C3)c2CC[C@@H]1C.COC(=O)N1c2ccc3c(nc([C@H](O)C4CCCCCC4)n3[C@@H]3CCC[C@@H](C(C)=O)C3)c2CC[C@@H]1C.COC(=O)N1c2ccc3c(nc([C@H](O)CC4CCCC4)n3[C@@H]3CCC[C@@H](C(C)=O)C3)c2CC[C@@H]1C.COC(=O)N1c2ccc3c(nc([C@H](O)Cn4cc(Cl)cn4)n3[C@@H]3CCC[C@@H](C(C)=O)C3)c2CC[C@@H]1C. The third kappa shape index (κ3) is 21.6. The van der Waals surface area contributed by atoms with Gasteiger partial charge < -0.3 is 57.6 Å². The maximum Gasteiger partial charge on any atom is 0.414 e. The number of hydrogen-bond donors (Lipinski definition) is 4. The first-order valence-corrected chi connectivity index (χ1v) is 53.4. The van der Waals surface area contributed by atoms with Crippen LogP contribution in [-0.4, -0.2) is 169 Å². The van der Waals surface area contributed by atoms with Crippen molar-refractivity contribution in [1.82, 2.24) is 48.0 Å². The molecule has 4 N–H and O–H groups in total. The van der Waals surface area contributed by atoms with Crippen molar-refractivity contribution in [3.05, 3.63) is 147 Å². The lowest BCUT2D eigenvalue weighted by Crippen LogP contribution is -2.42. The molecule has 16 atom stereocenters. The zero-order valence-corrected chi connectivity index (χ0v) is 86.3. The highest BCUT2D eigenvalue weighted by molar-refractivity contribution is 6.30.